The number of rotatable bonds is 10. The van der Waals surface area contributed by atoms with Crippen LogP contribution in [0.25, 0.3) is 0 Å². The van der Waals surface area contributed by atoms with Crippen LogP contribution in [-0.2, 0) is 14.2 Å². The first-order chi connectivity index (χ1) is 23.8. The molecule has 0 aromatic carbocycles. The van der Waals surface area contributed by atoms with Gasteiger partial charge in [-0.2, -0.15) is 0 Å². The van der Waals surface area contributed by atoms with E-state index in [1.165, 1.54) is 0 Å². The van der Waals surface area contributed by atoms with E-state index in [1.54, 1.807) is 67.2 Å². The third-order valence-electron chi connectivity index (χ3n) is 7.07. The Morgan fingerprint density at radius 1 is 0.824 bits per heavy atom. The molecule has 0 aromatic rings. The highest BCUT2D eigenvalue weighted by Gasteiger charge is 2.28. The molecule has 5 amide bonds. The number of terminal acetylenes is 1. The van der Waals surface area contributed by atoms with Gasteiger partial charge in [-0.25, -0.2) is 24.1 Å². The lowest BCUT2D eigenvalue weighted by molar-refractivity contribution is 0.0374. The Balaban J connectivity index is 2.73. The van der Waals surface area contributed by atoms with Crippen molar-refractivity contribution in [2.24, 2.45) is 9.98 Å². The van der Waals surface area contributed by atoms with Crippen LogP contribution in [0.2, 0.25) is 0 Å². The summed E-state index contributed by atoms with van der Waals surface area (Å²) in [5.74, 6) is 2.51. The lowest BCUT2D eigenvalue weighted by atomic mass is 10.1. The van der Waals surface area contributed by atoms with Gasteiger partial charge in [-0.1, -0.05) is 57.3 Å². The van der Waals surface area contributed by atoms with Crippen LogP contribution in [0.4, 0.5) is 19.2 Å². The van der Waals surface area contributed by atoms with Gasteiger partial charge in [0.15, 0.2) is 0 Å². The van der Waals surface area contributed by atoms with E-state index in [9.17, 15) is 19.2 Å². The van der Waals surface area contributed by atoms with Gasteiger partial charge in [0.1, 0.15) is 16.8 Å². The molecule has 51 heavy (non-hydrogen) atoms. The van der Waals surface area contributed by atoms with Crippen molar-refractivity contribution in [2.75, 3.05) is 32.7 Å². The lowest BCUT2D eigenvalue weighted by Crippen LogP contribution is -2.50. The van der Waals surface area contributed by atoms with Crippen LogP contribution in [0.1, 0.15) is 139 Å². The number of aliphatic imine (C=N–C) groups is 2. The topological polar surface area (TPSA) is 163 Å². The summed E-state index contributed by atoms with van der Waals surface area (Å²) in [7, 11) is 0. The maximum atomic E-state index is 13.3. The second-order valence-electron chi connectivity index (χ2n) is 15.6. The predicted molar refractivity (Wildman–Crippen MR) is 201 cm³/mol. The van der Waals surface area contributed by atoms with Gasteiger partial charge in [0.2, 0.25) is 11.9 Å². The quantitative estimate of drug-likeness (QED) is 0.0700. The summed E-state index contributed by atoms with van der Waals surface area (Å²) in [5, 5.41) is 7.98. The Morgan fingerprint density at radius 3 is 1.98 bits per heavy atom. The predicted octanol–water partition coefficient (Wildman–Crippen LogP) is 7.32. The molecule has 0 bridgehead atoms. The molecule has 1 aliphatic heterocycles. The van der Waals surface area contributed by atoms with Gasteiger partial charge in [0.05, 0.1) is 6.54 Å². The van der Waals surface area contributed by atoms with Crippen molar-refractivity contribution in [1.29, 1.82) is 0 Å². The number of unbranched alkanes of at least 4 members (excludes halogenated alkanes) is 5. The fraction of sp³-hybridized carbons (Fsp3) is 0.784. The third-order valence-corrected chi connectivity index (χ3v) is 7.07. The molecule has 0 fully saturated rings. The summed E-state index contributed by atoms with van der Waals surface area (Å²) >= 11 is 0. The SMILES string of the molecule is C#CCN(C(=O)OC(C)(C)C)C(=NCCCCCCCCN1CCCCCCCCN=C(NC(=O)OC(C)(C)C)NC1=O)NC(=O)OC(C)(C)C. The van der Waals surface area contributed by atoms with E-state index in [4.69, 9.17) is 20.6 Å². The summed E-state index contributed by atoms with van der Waals surface area (Å²) in [5.41, 5.74) is -2.20. The first kappa shape index (κ1) is 45.0. The Kier molecular flexibility index (Phi) is 20.1. The number of alkyl carbamates (subject to hydrolysis) is 2. The van der Waals surface area contributed by atoms with Crippen molar-refractivity contribution in [3.63, 3.8) is 0 Å². The lowest BCUT2D eigenvalue weighted by Gasteiger charge is -2.27. The monoisotopic (exact) mass is 719 g/mol. The molecule has 14 nitrogen and oxygen atoms in total. The highest BCUT2D eigenvalue weighted by atomic mass is 16.6. The summed E-state index contributed by atoms with van der Waals surface area (Å²) < 4.78 is 16.2. The second-order valence-corrected chi connectivity index (χ2v) is 15.6. The van der Waals surface area contributed by atoms with Gasteiger partial charge in [-0.15, -0.1) is 6.42 Å². The van der Waals surface area contributed by atoms with Crippen molar-refractivity contribution < 1.29 is 33.4 Å². The zero-order valence-corrected chi connectivity index (χ0v) is 32.7. The zero-order valence-electron chi connectivity index (χ0n) is 32.7. The number of hydrogen-bond donors (Lipinski definition) is 3. The van der Waals surface area contributed by atoms with Crippen molar-refractivity contribution in [3.8, 4) is 12.3 Å². The van der Waals surface area contributed by atoms with Gasteiger partial charge in [-0.3, -0.25) is 25.9 Å². The van der Waals surface area contributed by atoms with Crippen molar-refractivity contribution in [1.82, 2.24) is 25.8 Å². The van der Waals surface area contributed by atoms with Crippen LogP contribution in [0.5, 0.6) is 0 Å². The van der Waals surface area contributed by atoms with Gasteiger partial charge in [0.25, 0.3) is 0 Å². The van der Waals surface area contributed by atoms with Gasteiger partial charge < -0.3 is 19.1 Å². The van der Waals surface area contributed by atoms with E-state index < -0.39 is 35.1 Å². The third kappa shape index (κ3) is 23.2. The molecule has 0 radical (unpaired) electrons. The molecule has 0 atom stereocenters. The molecule has 290 valence electrons. The molecule has 0 aliphatic carbocycles. The van der Waals surface area contributed by atoms with Gasteiger partial charge >= 0.3 is 24.3 Å². The Labute approximate surface area is 306 Å². The van der Waals surface area contributed by atoms with Gasteiger partial charge in [-0.05, 0) is 88.0 Å². The smallest absolute Gasteiger partial charge is 0.418 e. The first-order valence-electron chi connectivity index (χ1n) is 18.4. The molecule has 0 unspecified atom stereocenters. The number of urea groups is 1. The van der Waals surface area contributed by atoms with Crippen LogP contribution in [-0.4, -0.2) is 95.6 Å². The maximum absolute atomic E-state index is 13.3. The number of carbonyl (C=O) groups excluding carboxylic acids is 4. The fourth-order valence-electron chi connectivity index (χ4n) is 4.85. The molecule has 0 aromatic heterocycles. The summed E-state index contributed by atoms with van der Waals surface area (Å²) in [4.78, 5) is 63.0. The summed E-state index contributed by atoms with van der Waals surface area (Å²) in [6, 6.07) is -0.289. The average molecular weight is 720 g/mol. The van der Waals surface area contributed by atoms with E-state index in [0.29, 0.717) is 26.2 Å². The maximum Gasteiger partial charge on any atom is 0.418 e. The molecule has 1 aliphatic rings. The molecule has 1 rings (SSSR count). The van der Waals surface area contributed by atoms with E-state index in [0.717, 1.165) is 81.9 Å². The zero-order chi connectivity index (χ0) is 38.5. The number of nitrogens with zero attached hydrogens (tertiary/aromatic N) is 4. The molecule has 14 heteroatoms. The average Bonchev–Trinajstić information content (AvgIpc) is 2.98. The Morgan fingerprint density at radius 2 is 1.37 bits per heavy atom. The van der Waals surface area contributed by atoms with E-state index >= 15 is 0 Å². The molecule has 1 heterocycles. The second kappa shape index (κ2) is 22.7. The van der Waals surface area contributed by atoms with Crippen LogP contribution >= 0.6 is 0 Å². The summed E-state index contributed by atoms with van der Waals surface area (Å²) in [6.07, 6.45) is 14.8. The molecule has 0 spiro atoms. The van der Waals surface area contributed by atoms with Crippen LogP contribution in [0.3, 0.4) is 0 Å². The molecule has 0 saturated heterocycles. The molecular formula is C37H65N7O7. The molecular weight excluding hydrogens is 654 g/mol. The number of hydrogen-bond acceptors (Lipinski definition) is 9. The van der Waals surface area contributed by atoms with Crippen LogP contribution < -0.4 is 16.0 Å². The van der Waals surface area contributed by atoms with Gasteiger partial charge in [0, 0.05) is 26.2 Å². The van der Waals surface area contributed by atoms with Crippen molar-refractivity contribution in [3.05, 3.63) is 0 Å². The van der Waals surface area contributed by atoms with E-state index in [-0.39, 0.29) is 24.5 Å². The first-order valence-corrected chi connectivity index (χ1v) is 18.4. The van der Waals surface area contributed by atoms with E-state index in [1.807, 2.05) is 0 Å². The Bertz CT molecular complexity index is 1210. The largest absolute Gasteiger partial charge is 0.444 e. The number of guanidine groups is 2. The highest BCUT2D eigenvalue weighted by molar-refractivity contribution is 6.03. The molecule has 3 N–H and O–H groups in total. The number of nitrogens with one attached hydrogen (secondary N) is 3. The normalized spacial score (nSPS) is 15.5. The number of amides is 5. The van der Waals surface area contributed by atoms with Crippen LogP contribution in [0, 0.1) is 12.3 Å². The summed E-state index contributed by atoms with van der Waals surface area (Å²) in [6.45, 7) is 17.7. The van der Waals surface area contributed by atoms with Crippen molar-refractivity contribution in [2.45, 2.75) is 156 Å². The number of carbonyl (C=O) groups is 4. The minimum absolute atomic E-state index is 0.0223. The number of ether oxygens (including phenoxy) is 3. The van der Waals surface area contributed by atoms with Crippen molar-refractivity contribution >= 4 is 36.2 Å². The minimum atomic E-state index is -0.773. The fourth-order valence-corrected chi connectivity index (χ4v) is 4.85. The van der Waals surface area contributed by atoms with E-state index in [2.05, 4.69) is 31.9 Å². The minimum Gasteiger partial charge on any atom is -0.444 e. The Hall–Kier alpha value is -4.02. The molecule has 0 saturated carbocycles. The highest BCUT2D eigenvalue weighted by Crippen LogP contribution is 2.13. The van der Waals surface area contributed by atoms with Crippen LogP contribution in [0.15, 0.2) is 9.98 Å². The standard InChI is InChI=1S/C37H65N7O7/c1-11-26-44(34(48)51-37(8,9)10)30(42-33(47)50-36(5,6)7)39-25-21-17-13-15-19-23-28-43-27-22-18-14-12-16-20-24-38-29(40-31(43)45)41-32(46)49-35(2,3)4/h1H,12-28H2,2-10H3,(H,39,42,47)(H2,38,40,41,45,46).